The van der Waals surface area contributed by atoms with Crippen molar-refractivity contribution in [3.63, 3.8) is 0 Å². The molecule has 3 aromatic rings. The minimum Gasteiger partial charge on any atom is -0.497 e. The molecule has 0 spiro atoms. The molecular formula is C27H34N4O2. The summed E-state index contributed by atoms with van der Waals surface area (Å²) >= 11 is 0. The van der Waals surface area contributed by atoms with Crippen molar-refractivity contribution in [1.82, 2.24) is 14.8 Å². The summed E-state index contributed by atoms with van der Waals surface area (Å²) in [5, 5.41) is 5.71. The Morgan fingerprint density at radius 3 is 2.36 bits per heavy atom. The fourth-order valence-corrected chi connectivity index (χ4v) is 4.73. The van der Waals surface area contributed by atoms with Crippen molar-refractivity contribution in [2.24, 2.45) is 5.92 Å². The van der Waals surface area contributed by atoms with Crippen LogP contribution < -0.4 is 9.64 Å². The van der Waals surface area contributed by atoms with E-state index in [0.717, 1.165) is 52.3 Å². The number of carbonyl (C=O) groups excluding carboxylic acids is 1. The Labute approximate surface area is 195 Å². The maximum absolute atomic E-state index is 14.3. The van der Waals surface area contributed by atoms with Gasteiger partial charge in [-0.2, -0.15) is 5.10 Å². The van der Waals surface area contributed by atoms with Crippen molar-refractivity contribution in [3.8, 4) is 5.75 Å². The van der Waals surface area contributed by atoms with Crippen LogP contribution in [0.2, 0.25) is 0 Å². The number of carbonyl (C=O) groups is 1. The predicted molar refractivity (Wildman–Crippen MR) is 131 cm³/mol. The van der Waals surface area contributed by atoms with Crippen LogP contribution in [0.15, 0.2) is 30.3 Å². The van der Waals surface area contributed by atoms with Crippen molar-refractivity contribution in [1.29, 1.82) is 0 Å². The van der Waals surface area contributed by atoms with E-state index in [1.165, 1.54) is 12.8 Å². The van der Waals surface area contributed by atoms with Crippen LogP contribution in [-0.4, -0.2) is 33.8 Å². The average Bonchev–Trinajstić information content (AvgIpc) is 3.69. The molecule has 0 bridgehead atoms. The summed E-state index contributed by atoms with van der Waals surface area (Å²) in [4.78, 5) is 21.3. The third-order valence-corrected chi connectivity index (χ3v) is 6.97. The van der Waals surface area contributed by atoms with Crippen molar-refractivity contribution in [2.45, 2.75) is 77.8 Å². The maximum atomic E-state index is 14.3. The van der Waals surface area contributed by atoms with Crippen LogP contribution in [0.4, 0.5) is 5.69 Å². The fourth-order valence-electron chi connectivity index (χ4n) is 4.73. The number of nitrogens with zero attached hydrogens (tertiary/aromatic N) is 4. The molecule has 1 aromatic carbocycles. The van der Waals surface area contributed by atoms with Gasteiger partial charge in [-0.3, -0.25) is 4.79 Å². The van der Waals surface area contributed by atoms with E-state index in [1.807, 2.05) is 46.8 Å². The van der Waals surface area contributed by atoms with Gasteiger partial charge in [-0.05, 0) is 96.6 Å². The van der Waals surface area contributed by atoms with E-state index in [0.29, 0.717) is 11.8 Å². The highest BCUT2D eigenvalue weighted by Crippen LogP contribution is 2.42. The lowest BCUT2D eigenvalue weighted by Gasteiger charge is -2.30. The summed E-state index contributed by atoms with van der Waals surface area (Å²) in [6.07, 6.45) is 4.60. The molecule has 2 aliphatic carbocycles. The number of hydrogen-bond acceptors (Lipinski definition) is 4. The van der Waals surface area contributed by atoms with Gasteiger partial charge < -0.3 is 9.64 Å². The normalized spacial score (nSPS) is 17.3. The highest BCUT2D eigenvalue weighted by molar-refractivity contribution is 6.14. The van der Waals surface area contributed by atoms with E-state index >= 15 is 0 Å². The van der Waals surface area contributed by atoms with Crippen LogP contribution in [-0.2, 0) is 5.54 Å². The summed E-state index contributed by atoms with van der Waals surface area (Å²) in [7, 11) is 1.66. The number of amides is 1. The number of anilines is 1. The largest absolute Gasteiger partial charge is 0.497 e. The topological polar surface area (TPSA) is 60.2 Å². The van der Waals surface area contributed by atoms with Crippen molar-refractivity contribution in [2.75, 3.05) is 12.0 Å². The van der Waals surface area contributed by atoms with Gasteiger partial charge in [0, 0.05) is 23.3 Å². The number of aryl methyl sites for hydroxylation is 1. The lowest BCUT2D eigenvalue weighted by molar-refractivity contribution is 0.0977. The van der Waals surface area contributed by atoms with E-state index in [9.17, 15) is 4.79 Å². The SMILES string of the molecule is COc1ccc(N(C(=O)c2cc(C3CC3)nc3c2c(C)nn3C(C)(C)C)[C@@H](C)C2CC2)cc1. The highest BCUT2D eigenvalue weighted by Gasteiger charge is 2.37. The van der Waals surface area contributed by atoms with Gasteiger partial charge in [0.1, 0.15) is 5.75 Å². The van der Waals surface area contributed by atoms with Crippen molar-refractivity contribution >= 4 is 22.6 Å². The van der Waals surface area contributed by atoms with Crippen LogP contribution >= 0.6 is 0 Å². The van der Waals surface area contributed by atoms with Gasteiger partial charge in [-0.15, -0.1) is 0 Å². The zero-order chi connectivity index (χ0) is 23.5. The summed E-state index contributed by atoms with van der Waals surface area (Å²) in [5.74, 6) is 1.80. The van der Waals surface area contributed by atoms with Gasteiger partial charge in [-0.1, -0.05) is 0 Å². The zero-order valence-corrected chi connectivity index (χ0v) is 20.6. The Hall–Kier alpha value is -2.89. The van der Waals surface area contributed by atoms with Crippen LogP contribution in [0.1, 0.15) is 81.0 Å². The summed E-state index contributed by atoms with van der Waals surface area (Å²) in [6, 6.07) is 9.99. The molecule has 6 heteroatoms. The monoisotopic (exact) mass is 446 g/mol. The summed E-state index contributed by atoms with van der Waals surface area (Å²) in [5.41, 5.74) is 4.09. The molecule has 33 heavy (non-hydrogen) atoms. The van der Waals surface area contributed by atoms with Crippen LogP contribution in [0.25, 0.3) is 11.0 Å². The second kappa shape index (κ2) is 7.86. The lowest BCUT2D eigenvalue weighted by Crippen LogP contribution is -2.40. The third kappa shape index (κ3) is 4.00. The molecule has 1 amide bonds. The van der Waals surface area contributed by atoms with Gasteiger partial charge in [0.15, 0.2) is 5.65 Å². The minimum absolute atomic E-state index is 0.0328. The molecule has 0 aliphatic heterocycles. The Balaban J connectivity index is 1.68. The van der Waals surface area contributed by atoms with Gasteiger partial charge in [0.25, 0.3) is 5.91 Å². The number of rotatable bonds is 6. The van der Waals surface area contributed by atoms with Gasteiger partial charge >= 0.3 is 0 Å². The molecule has 2 fully saturated rings. The molecule has 2 heterocycles. The molecule has 0 saturated heterocycles. The molecule has 6 nitrogen and oxygen atoms in total. The fraction of sp³-hybridized carbons (Fsp3) is 0.519. The van der Waals surface area contributed by atoms with Crippen molar-refractivity contribution in [3.05, 3.63) is 47.3 Å². The first kappa shape index (κ1) is 21.9. The van der Waals surface area contributed by atoms with E-state index in [1.54, 1.807) is 7.11 Å². The lowest BCUT2D eigenvalue weighted by atomic mass is 10.0. The summed E-state index contributed by atoms with van der Waals surface area (Å²) < 4.78 is 7.34. The predicted octanol–water partition coefficient (Wildman–Crippen LogP) is 5.83. The van der Waals surface area contributed by atoms with E-state index in [2.05, 4.69) is 27.7 Å². The first-order chi connectivity index (χ1) is 15.7. The molecular weight excluding hydrogens is 412 g/mol. The van der Waals surface area contributed by atoms with E-state index in [-0.39, 0.29) is 17.5 Å². The Bertz CT molecular complexity index is 1200. The summed E-state index contributed by atoms with van der Waals surface area (Å²) in [6.45, 7) is 10.5. The van der Waals surface area contributed by atoms with E-state index < -0.39 is 0 Å². The number of fused-ring (bicyclic) bond motifs is 1. The second-order valence-corrected chi connectivity index (χ2v) is 10.7. The molecule has 0 N–H and O–H groups in total. The van der Waals surface area contributed by atoms with Crippen LogP contribution in [0, 0.1) is 12.8 Å². The zero-order valence-electron chi connectivity index (χ0n) is 20.6. The second-order valence-electron chi connectivity index (χ2n) is 10.7. The third-order valence-electron chi connectivity index (χ3n) is 6.97. The van der Waals surface area contributed by atoms with Crippen LogP contribution in [0.3, 0.4) is 0 Å². The number of ether oxygens (including phenoxy) is 1. The number of hydrogen-bond donors (Lipinski definition) is 0. The number of methoxy groups -OCH3 is 1. The molecule has 2 saturated carbocycles. The highest BCUT2D eigenvalue weighted by atomic mass is 16.5. The van der Waals surface area contributed by atoms with Crippen LogP contribution in [0.5, 0.6) is 5.75 Å². The molecule has 0 unspecified atom stereocenters. The molecule has 2 aliphatic rings. The smallest absolute Gasteiger partial charge is 0.259 e. The first-order valence-electron chi connectivity index (χ1n) is 12.1. The average molecular weight is 447 g/mol. The molecule has 0 radical (unpaired) electrons. The standard InChI is InChI=1S/C27H34N4O2/c1-16-24-22(15-23(19-9-10-19)28-25(24)31(29-16)27(3,4)5)26(32)30(17(2)18-7-8-18)20-11-13-21(33-6)14-12-20/h11-15,17-19H,7-10H2,1-6H3/t17-/m0/s1. The molecule has 2 aromatic heterocycles. The van der Waals surface area contributed by atoms with E-state index in [4.69, 9.17) is 14.8 Å². The maximum Gasteiger partial charge on any atom is 0.259 e. The number of benzene rings is 1. The van der Waals surface area contributed by atoms with Gasteiger partial charge in [-0.25, -0.2) is 9.67 Å². The Morgan fingerprint density at radius 1 is 1.15 bits per heavy atom. The van der Waals surface area contributed by atoms with Gasteiger partial charge in [0.2, 0.25) is 0 Å². The quantitative estimate of drug-likeness (QED) is 0.478. The molecule has 5 rings (SSSR count). The van der Waals surface area contributed by atoms with Gasteiger partial charge in [0.05, 0.1) is 29.3 Å². The number of aromatic nitrogens is 3. The molecule has 1 atom stereocenters. The molecule has 174 valence electrons. The Kier molecular flexibility index (Phi) is 5.22. The number of pyridine rings is 1. The first-order valence-corrected chi connectivity index (χ1v) is 12.1. The Morgan fingerprint density at radius 2 is 1.82 bits per heavy atom. The van der Waals surface area contributed by atoms with Crippen molar-refractivity contribution < 1.29 is 9.53 Å². The minimum atomic E-state index is -0.223.